The van der Waals surface area contributed by atoms with Gasteiger partial charge >= 0.3 is 10.4 Å². The second kappa shape index (κ2) is 12.0. The first-order chi connectivity index (χ1) is 16.8. The lowest BCUT2D eigenvalue weighted by atomic mass is 9.94. The molecule has 3 fully saturated rings. The molecule has 3 heterocycles. The maximum absolute atomic E-state index is 11.2. The number of nitrogens with one attached hydrogen (secondary N) is 1. The maximum atomic E-state index is 11.2. The van der Waals surface area contributed by atoms with Crippen LogP contribution in [0.5, 0.6) is 0 Å². The first-order valence-electron chi connectivity index (χ1n) is 11.1. The van der Waals surface area contributed by atoms with Crippen LogP contribution in [0.25, 0.3) is 0 Å². The Kier molecular flexibility index (Phi) is 9.99. The highest BCUT2D eigenvalue weighted by Gasteiger charge is 2.52. The Bertz CT molecular complexity index is 819. The van der Waals surface area contributed by atoms with Crippen molar-refractivity contribution in [1.29, 1.82) is 0 Å². The first-order valence-corrected chi connectivity index (χ1v) is 12.5. The quantitative estimate of drug-likeness (QED) is 0.126. The van der Waals surface area contributed by atoms with Crippen LogP contribution in [0.1, 0.15) is 6.92 Å². The van der Waals surface area contributed by atoms with Crippen molar-refractivity contribution in [2.24, 2.45) is 0 Å². The third kappa shape index (κ3) is 6.49. The summed E-state index contributed by atoms with van der Waals surface area (Å²) in [6.07, 6.45) is -21.0. The lowest BCUT2D eigenvalue weighted by molar-refractivity contribution is -0.348. The summed E-state index contributed by atoms with van der Waals surface area (Å²) >= 11 is 0. The van der Waals surface area contributed by atoms with E-state index in [9.17, 15) is 49.3 Å². The van der Waals surface area contributed by atoms with Gasteiger partial charge in [-0.05, 0) is 6.92 Å². The highest BCUT2D eigenvalue weighted by atomic mass is 32.3. The Hall–Kier alpha value is -0.650. The van der Waals surface area contributed by atoms with Crippen LogP contribution in [0.4, 0.5) is 0 Å². The van der Waals surface area contributed by atoms with Crippen LogP contribution in [0.15, 0.2) is 0 Å². The zero-order chi connectivity index (χ0) is 26.9. The van der Waals surface area contributed by atoms with Gasteiger partial charge in [-0.3, -0.25) is 4.55 Å². The van der Waals surface area contributed by atoms with Gasteiger partial charge in [-0.1, -0.05) is 0 Å². The number of aliphatic hydroxyl groups excluding tert-OH is 8. The molecular weight excluding hydrogens is 518 g/mol. The van der Waals surface area contributed by atoms with Gasteiger partial charge in [0.25, 0.3) is 0 Å². The normalized spacial score (nSPS) is 48.6. The minimum atomic E-state index is -5.17. The van der Waals surface area contributed by atoms with Crippen molar-refractivity contribution in [3.05, 3.63) is 0 Å². The van der Waals surface area contributed by atoms with Gasteiger partial charge in [0.1, 0.15) is 54.9 Å². The van der Waals surface area contributed by atoms with Crippen LogP contribution in [-0.4, -0.2) is 159 Å². The van der Waals surface area contributed by atoms with Gasteiger partial charge in [-0.25, -0.2) is 4.18 Å². The number of aliphatic hydroxyl groups is 8. The number of hydrogen-bond donors (Lipinski definition) is 10. The largest absolute Gasteiger partial charge is 0.397 e. The highest BCUT2D eigenvalue weighted by molar-refractivity contribution is 7.80. The predicted molar refractivity (Wildman–Crippen MR) is 111 cm³/mol. The average Bonchev–Trinajstić information content (AvgIpc) is 2.81. The minimum absolute atomic E-state index is 0.139. The molecule has 14 atom stereocenters. The summed E-state index contributed by atoms with van der Waals surface area (Å²) in [6, 6.07) is -0.997. The van der Waals surface area contributed by atoms with Gasteiger partial charge < -0.3 is 65.1 Å². The highest BCUT2D eigenvalue weighted by Crippen LogP contribution is 2.31. The van der Waals surface area contributed by atoms with E-state index in [1.807, 2.05) is 0 Å². The molecule has 0 bridgehead atoms. The second-order valence-corrected chi connectivity index (χ2v) is 9.89. The molecule has 212 valence electrons. The van der Waals surface area contributed by atoms with E-state index in [0.29, 0.717) is 0 Å². The number of ether oxygens (including phenoxy) is 4. The molecule has 36 heavy (non-hydrogen) atoms. The molecule has 0 aromatic rings. The Morgan fingerprint density at radius 1 is 0.806 bits per heavy atom. The fourth-order valence-electron chi connectivity index (χ4n) is 4.32. The van der Waals surface area contributed by atoms with Crippen LogP contribution in [0.2, 0.25) is 0 Å². The zero-order valence-corrected chi connectivity index (χ0v) is 19.8. The van der Waals surface area contributed by atoms with Crippen LogP contribution in [-0.2, 0) is 33.5 Å². The predicted octanol–water partition coefficient (Wildman–Crippen LogP) is -6.46. The number of β-amino-alcohol motifs (C(OH)–C–C–N with tert-alkyl or cyclic N) is 1. The summed E-state index contributed by atoms with van der Waals surface area (Å²) in [6.45, 7) is -0.224. The van der Waals surface area contributed by atoms with E-state index in [4.69, 9.17) is 23.5 Å². The molecule has 10 N–H and O–H groups in total. The lowest BCUT2D eigenvalue weighted by Crippen LogP contribution is -2.68. The van der Waals surface area contributed by atoms with Gasteiger partial charge in [0, 0.05) is 6.54 Å². The molecule has 0 radical (unpaired) electrons. The van der Waals surface area contributed by atoms with Crippen molar-refractivity contribution in [3.8, 4) is 0 Å². The number of hydrogen-bond acceptors (Lipinski definition) is 16. The number of rotatable bonds is 8. The summed E-state index contributed by atoms with van der Waals surface area (Å²) in [4.78, 5) is 0. The Morgan fingerprint density at radius 2 is 1.42 bits per heavy atom. The molecular formula is C18H33NO16S. The van der Waals surface area contributed by atoms with Crippen LogP contribution in [0.3, 0.4) is 0 Å². The van der Waals surface area contributed by atoms with Gasteiger partial charge in [0.05, 0.1) is 31.5 Å². The molecule has 3 aliphatic rings. The molecule has 0 spiro atoms. The molecule has 0 aromatic carbocycles. The van der Waals surface area contributed by atoms with Crippen molar-refractivity contribution in [3.63, 3.8) is 0 Å². The summed E-state index contributed by atoms with van der Waals surface area (Å²) in [7, 11) is -5.17. The third-order valence-electron chi connectivity index (χ3n) is 6.33. The molecule has 0 saturated carbocycles. The fraction of sp³-hybridized carbons (Fsp3) is 1.00. The molecule has 3 rings (SSSR count). The maximum Gasteiger partial charge on any atom is 0.397 e. The molecule has 0 aliphatic carbocycles. The van der Waals surface area contributed by atoms with Gasteiger partial charge in [-0.15, -0.1) is 0 Å². The second-order valence-electron chi connectivity index (χ2n) is 8.84. The lowest BCUT2D eigenvalue weighted by Gasteiger charge is -2.47. The molecule has 0 amide bonds. The molecule has 18 heteroatoms. The van der Waals surface area contributed by atoms with Gasteiger partial charge in [-0.2, -0.15) is 8.42 Å². The van der Waals surface area contributed by atoms with E-state index in [-0.39, 0.29) is 6.54 Å². The molecule has 3 saturated heterocycles. The summed E-state index contributed by atoms with van der Waals surface area (Å²) in [5, 5.41) is 83.7. The summed E-state index contributed by atoms with van der Waals surface area (Å²) < 4.78 is 57.8. The van der Waals surface area contributed by atoms with Crippen molar-refractivity contribution in [2.75, 3.05) is 19.8 Å². The Morgan fingerprint density at radius 3 is 2.00 bits per heavy atom. The average molecular weight is 552 g/mol. The van der Waals surface area contributed by atoms with Crippen molar-refractivity contribution in [1.82, 2.24) is 5.32 Å². The van der Waals surface area contributed by atoms with Crippen molar-refractivity contribution >= 4 is 10.4 Å². The zero-order valence-electron chi connectivity index (χ0n) is 19.0. The fourth-order valence-corrected chi connectivity index (χ4v) is 4.82. The van der Waals surface area contributed by atoms with Gasteiger partial charge in [0.2, 0.25) is 0 Å². The Labute approximate surface area is 205 Å². The van der Waals surface area contributed by atoms with E-state index >= 15 is 0 Å². The minimum Gasteiger partial charge on any atom is -0.395 e. The SMILES string of the molecule is C[C@@H]1O[C@@H](O[C@H]2[C@H](O[C@@H]3O[C@H](CO)[C@H](O)[C@H](OS(=O)(=O)O)[C@H]3O)[C@@H](CO)NC[C@@H]2O)[C@@H](O)[C@H](O)[C@@H]1O. The summed E-state index contributed by atoms with van der Waals surface area (Å²) in [5.41, 5.74) is 0. The van der Waals surface area contributed by atoms with E-state index < -0.39 is 109 Å². The monoisotopic (exact) mass is 551 g/mol. The van der Waals surface area contributed by atoms with E-state index in [1.165, 1.54) is 6.92 Å². The third-order valence-corrected chi connectivity index (χ3v) is 6.80. The van der Waals surface area contributed by atoms with Crippen LogP contribution in [0, 0.1) is 0 Å². The van der Waals surface area contributed by atoms with Gasteiger partial charge in [0.15, 0.2) is 12.6 Å². The molecule has 0 unspecified atom stereocenters. The molecule has 0 aromatic heterocycles. The standard InChI is InChI=1S/C18H33NO16S/c1-5-9(23)11(25)12(26)17(31-5)34-15-7(22)2-19-6(3-20)14(15)33-18-13(27)16(35-36(28,29)30)10(24)8(4-21)32-18/h5-27H,2-4H2,1H3,(H,28,29,30)/t5-,6+,7-,8+,9+,10-,11+,12-,13+,14+,15+,16-,17-,18-/m0/s1. The number of piperidine rings is 1. The molecule has 17 nitrogen and oxygen atoms in total. The molecule has 3 aliphatic heterocycles. The van der Waals surface area contributed by atoms with Crippen molar-refractivity contribution < 1.29 is 77.0 Å². The topological polar surface area (TPSA) is 274 Å². The van der Waals surface area contributed by atoms with E-state index in [2.05, 4.69) is 9.50 Å². The first kappa shape index (κ1) is 29.9. The Balaban J connectivity index is 1.84. The smallest absolute Gasteiger partial charge is 0.395 e. The van der Waals surface area contributed by atoms with E-state index in [1.54, 1.807) is 0 Å². The van der Waals surface area contributed by atoms with Crippen LogP contribution >= 0.6 is 0 Å². The van der Waals surface area contributed by atoms with Crippen molar-refractivity contribution in [2.45, 2.75) is 92.7 Å². The summed E-state index contributed by atoms with van der Waals surface area (Å²) in [5.74, 6) is 0. The van der Waals surface area contributed by atoms with E-state index in [0.717, 1.165) is 0 Å². The van der Waals surface area contributed by atoms with Crippen LogP contribution < -0.4 is 5.32 Å².